The van der Waals surface area contributed by atoms with Crippen molar-refractivity contribution in [2.24, 2.45) is 0 Å². The zero-order chi connectivity index (χ0) is 38.8. The fourth-order valence-corrected chi connectivity index (χ4v) is 8.64. The molecule has 58 heavy (non-hydrogen) atoms. The fourth-order valence-electron chi connectivity index (χ4n) is 8.64. The van der Waals surface area contributed by atoms with Gasteiger partial charge in [0.1, 0.15) is 11.4 Å². The van der Waals surface area contributed by atoms with E-state index in [-0.39, 0.29) is 5.41 Å². The molecule has 4 aromatic heterocycles. The molecule has 0 saturated carbocycles. The molecule has 6 heteroatoms. The van der Waals surface area contributed by atoms with Crippen molar-refractivity contribution in [1.29, 1.82) is 0 Å². The molecule has 274 valence electrons. The molecule has 11 rings (SSSR count). The molecule has 4 heterocycles. The normalized spacial score (nSPS) is 12.8. The first-order chi connectivity index (χ1) is 28.5. The second-order valence-electron chi connectivity index (χ2n) is 15.4. The summed E-state index contributed by atoms with van der Waals surface area (Å²) < 4.78 is 2.37. The molecular weight excluding hydrogens is 709 g/mol. The highest BCUT2D eigenvalue weighted by atomic mass is 15.1. The van der Waals surface area contributed by atoms with Crippen LogP contribution < -0.4 is 0 Å². The molecule has 0 fully saturated rings. The van der Waals surface area contributed by atoms with Crippen LogP contribution in [0, 0.1) is 0 Å². The van der Waals surface area contributed by atoms with Crippen molar-refractivity contribution in [2.45, 2.75) is 19.3 Å². The highest BCUT2D eigenvalue weighted by Crippen LogP contribution is 2.51. The monoisotopic (exact) mass is 744 g/mol. The van der Waals surface area contributed by atoms with E-state index in [0.717, 1.165) is 11.1 Å². The third-order valence-corrected chi connectivity index (χ3v) is 11.6. The lowest BCUT2D eigenvalue weighted by molar-refractivity contribution is 0.661. The van der Waals surface area contributed by atoms with Crippen molar-refractivity contribution >= 4 is 21.8 Å². The molecule has 0 N–H and O–H groups in total. The summed E-state index contributed by atoms with van der Waals surface area (Å²) in [6.45, 7) is 4.70. The minimum absolute atomic E-state index is 0.182. The van der Waals surface area contributed by atoms with Gasteiger partial charge in [-0.3, -0.25) is 9.97 Å². The van der Waals surface area contributed by atoms with Gasteiger partial charge in [0, 0.05) is 39.8 Å². The molecule has 0 radical (unpaired) electrons. The number of benzene rings is 6. The van der Waals surface area contributed by atoms with E-state index < -0.39 is 0 Å². The van der Waals surface area contributed by atoms with Gasteiger partial charge in [-0.25, -0.2) is 15.0 Å². The van der Waals surface area contributed by atoms with Gasteiger partial charge in [0.05, 0.1) is 11.0 Å². The summed E-state index contributed by atoms with van der Waals surface area (Å²) in [7, 11) is 0. The van der Waals surface area contributed by atoms with Crippen LogP contribution in [0.25, 0.3) is 95.3 Å². The maximum Gasteiger partial charge on any atom is 0.182 e. The van der Waals surface area contributed by atoms with Gasteiger partial charge in [-0.15, -0.1) is 0 Å². The predicted octanol–water partition coefficient (Wildman–Crippen LogP) is 12.4. The van der Waals surface area contributed by atoms with Crippen LogP contribution in [0.5, 0.6) is 0 Å². The number of aromatic nitrogens is 6. The molecule has 6 nitrogen and oxygen atoms in total. The Balaban J connectivity index is 0.925. The van der Waals surface area contributed by atoms with Gasteiger partial charge in [0.2, 0.25) is 0 Å². The molecule has 0 aliphatic heterocycles. The summed E-state index contributed by atoms with van der Waals surface area (Å²) in [6, 6.07) is 60.1. The second-order valence-corrected chi connectivity index (χ2v) is 15.4. The van der Waals surface area contributed by atoms with Gasteiger partial charge >= 0.3 is 0 Å². The maximum atomic E-state index is 4.85. The molecule has 0 atom stereocenters. The van der Waals surface area contributed by atoms with Gasteiger partial charge in [-0.1, -0.05) is 117 Å². The Kier molecular flexibility index (Phi) is 7.73. The number of rotatable bonds is 6. The van der Waals surface area contributed by atoms with Crippen LogP contribution in [0.2, 0.25) is 0 Å². The fraction of sp³-hybridized carbons (Fsp3) is 0.0577. The minimum atomic E-state index is -0.182. The Labute approximate surface area is 336 Å². The van der Waals surface area contributed by atoms with Crippen molar-refractivity contribution in [3.63, 3.8) is 0 Å². The Morgan fingerprint density at radius 3 is 1.53 bits per heavy atom. The zero-order valence-corrected chi connectivity index (χ0v) is 32.0. The summed E-state index contributed by atoms with van der Waals surface area (Å²) in [5.41, 5.74) is 15.7. The Morgan fingerprint density at radius 1 is 0.397 bits per heavy atom. The molecule has 1 aliphatic carbocycles. The van der Waals surface area contributed by atoms with Crippen LogP contribution in [0.1, 0.15) is 25.0 Å². The van der Waals surface area contributed by atoms with Crippen molar-refractivity contribution < 1.29 is 0 Å². The quantitative estimate of drug-likeness (QED) is 0.170. The first-order valence-electron chi connectivity index (χ1n) is 19.6. The summed E-state index contributed by atoms with van der Waals surface area (Å²) in [6.07, 6.45) is 3.49. The van der Waals surface area contributed by atoms with Crippen molar-refractivity contribution in [1.82, 2.24) is 29.5 Å². The number of fused-ring (bicyclic) bond motifs is 6. The SMILES string of the molecule is CC1(C)c2cc(-c3ccc(-c4nc(-c5ccccn5)nc(-c5ccccn5)n4)cc3)ccc2-c2ccc(-c3ccc4c(c3)c3ccccc3n4-c3ccccc3)cc21. The van der Waals surface area contributed by atoms with Crippen LogP contribution in [0.3, 0.4) is 0 Å². The van der Waals surface area contributed by atoms with E-state index >= 15 is 0 Å². The largest absolute Gasteiger partial charge is 0.309 e. The highest BCUT2D eigenvalue weighted by molar-refractivity contribution is 6.10. The van der Waals surface area contributed by atoms with Crippen LogP contribution >= 0.6 is 0 Å². The lowest BCUT2D eigenvalue weighted by atomic mass is 9.81. The molecular formula is C52H36N6. The third-order valence-electron chi connectivity index (χ3n) is 11.6. The number of para-hydroxylation sites is 2. The average Bonchev–Trinajstić information content (AvgIpc) is 3.74. The van der Waals surface area contributed by atoms with Gasteiger partial charge in [0.15, 0.2) is 17.5 Å². The lowest BCUT2D eigenvalue weighted by Crippen LogP contribution is -2.15. The topological polar surface area (TPSA) is 69.4 Å². The number of hydrogen-bond acceptors (Lipinski definition) is 5. The van der Waals surface area contributed by atoms with Crippen LogP contribution in [-0.2, 0) is 5.41 Å². The highest BCUT2D eigenvalue weighted by Gasteiger charge is 2.36. The van der Waals surface area contributed by atoms with E-state index in [1.807, 2.05) is 36.4 Å². The summed E-state index contributed by atoms with van der Waals surface area (Å²) in [5.74, 6) is 1.59. The standard InChI is InChI=1S/C52H36N6/c1-52(2)43-31-36(33-18-20-34(21-19-33)49-55-50(45-15-8-10-28-53-45)57-51(56-49)46-16-9-11-29-54-46)22-25-39(43)40-26-23-37(32-44(40)52)35-24-27-48-42(30-35)41-14-6-7-17-47(41)58(48)38-12-4-3-5-13-38/h3-32H,1-2H3. The summed E-state index contributed by atoms with van der Waals surface area (Å²) in [4.78, 5) is 23.4. The predicted molar refractivity (Wildman–Crippen MR) is 234 cm³/mol. The first-order valence-corrected chi connectivity index (χ1v) is 19.6. The Morgan fingerprint density at radius 2 is 0.897 bits per heavy atom. The summed E-state index contributed by atoms with van der Waals surface area (Å²) >= 11 is 0. The lowest BCUT2D eigenvalue weighted by Gasteiger charge is -2.22. The van der Waals surface area contributed by atoms with E-state index in [1.54, 1.807) is 12.4 Å². The maximum absolute atomic E-state index is 4.85. The van der Waals surface area contributed by atoms with E-state index in [4.69, 9.17) is 15.0 Å². The zero-order valence-electron chi connectivity index (χ0n) is 32.0. The van der Waals surface area contributed by atoms with E-state index in [1.165, 1.54) is 66.4 Å². The van der Waals surface area contributed by atoms with Crippen molar-refractivity contribution in [3.05, 3.63) is 193 Å². The molecule has 1 aliphatic rings. The molecule has 0 amide bonds. The number of pyridine rings is 2. The van der Waals surface area contributed by atoms with Gasteiger partial charge in [-0.2, -0.15) is 0 Å². The Bertz CT molecular complexity index is 3110. The average molecular weight is 745 g/mol. The molecule has 0 bridgehead atoms. The second kappa shape index (κ2) is 13.3. The van der Waals surface area contributed by atoms with Gasteiger partial charge < -0.3 is 4.57 Å². The smallest absolute Gasteiger partial charge is 0.182 e. The molecule has 0 spiro atoms. The minimum Gasteiger partial charge on any atom is -0.309 e. The molecule has 0 saturated heterocycles. The van der Waals surface area contributed by atoms with Gasteiger partial charge in [-0.05, 0) is 111 Å². The van der Waals surface area contributed by atoms with E-state index in [2.05, 4.69) is 162 Å². The van der Waals surface area contributed by atoms with Crippen LogP contribution in [0.4, 0.5) is 0 Å². The van der Waals surface area contributed by atoms with Crippen LogP contribution in [-0.4, -0.2) is 29.5 Å². The first kappa shape index (κ1) is 33.7. The van der Waals surface area contributed by atoms with Crippen molar-refractivity contribution in [3.8, 4) is 73.5 Å². The van der Waals surface area contributed by atoms with Crippen molar-refractivity contribution in [2.75, 3.05) is 0 Å². The van der Waals surface area contributed by atoms with Crippen LogP contribution in [0.15, 0.2) is 182 Å². The van der Waals surface area contributed by atoms with E-state index in [9.17, 15) is 0 Å². The molecule has 0 unspecified atom stereocenters. The number of hydrogen-bond donors (Lipinski definition) is 0. The summed E-state index contributed by atoms with van der Waals surface area (Å²) in [5, 5.41) is 2.52. The molecule has 6 aromatic carbocycles. The third kappa shape index (κ3) is 5.52. The van der Waals surface area contributed by atoms with E-state index in [0.29, 0.717) is 28.9 Å². The number of nitrogens with zero attached hydrogens (tertiary/aromatic N) is 6. The Hall–Kier alpha value is -7.57. The van der Waals surface area contributed by atoms with Gasteiger partial charge in [0.25, 0.3) is 0 Å². The molecule has 10 aromatic rings.